The molecule has 2 heterocycles. The Morgan fingerprint density at radius 3 is 1.81 bits per heavy atom. The van der Waals surface area contributed by atoms with Crippen LogP contribution in [-0.2, 0) is 18.9 Å². The zero-order chi connectivity index (χ0) is 19.4. The number of rotatable bonds is 7. The van der Waals surface area contributed by atoms with E-state index >= 15 is 0 Å². The highest BCUT2D eigenvalue weighted by molar-refractivity contribution is 4.94. The van der Waals surface area contributed by atoms with Crippen molar-refractivity contribution >= 4 is 0 Å². The van der Waals surface area contributed by atoms with Crippen LogP contribution in [0.1, 0.15) is 0 Å². The first kappa shape index (κ1) is 21.8. The van der Waals surface area contributed by atoms with Gasteiger partial charge in [0.05, 0.1) is 26.4 Å². The maximum absolute atomic E-state index is 10.3. The molecule has 12 nitrogen and oxygen atoms in total. The number of aliphatic hydroxyl groups is 8. The molecule has 154 valence electrons. The molecule has 2 saturated heterocycles. The summed E-state index contributed by atoms with van der Waals surface area (Å²) < 4.78 is 20.9. The molecule has 0 spiro atoms. The van der Waals surface area contributed by atoms with E-state index in [0.717, 1.165) is 0 Å². The van der Waals surface area contributed by atoms with Gasteiger partial charge in [0.2, 0.25) is 0 Å². The van der Waals surface area contributed by atoms with Crippen LogP contribution in [0.25, 0.3) is 0 Å². The Morgan fingerprint density at radius 1 is 0.654 bits per heavy atom. The topological polar surface area (TPSA) is 199 Å². The zero-order valence-corrected chi connectivity index (χ0v) is 13.8. The van der Waals surface area contributed by atoms with Crippen molar-refractivity contribution in [2.75, 3.05) is 26.4 Å². The van der Waals surface area contributed by atoms with Crippen molar-refractivity contribution in [2.45, 2.75) is 61.4 Å². The third-order valence-corrected chi connectivity index (χ3v) is 4.33. The SMILES string of the molecule is OCCOC1OC(CO)[C@@H](O[C@@H]2OC(CO)[C@H](O)[C@H](O)C2O)[C@H](O)C1O. The van der Waals surface area contributed by atoms with Crippen molar-refractivity contribution in [2.24, 2.45) is 0 Å². The normalized spacial score (nSPS) is 47.1. The summed E-state index contributed by atoms with van der Waals surface area (Å²) in [5, 5.41) is 77.2. The Morgan fingerprint density at radius 2 is 1.23 bits per heavy atom. The first-order chi connectivity index (χ1) is 12.3. The Labute approximate surface area is 148 Å². The number of ether oxygens (including phenoxy) is 4. The van der Waals surface area contributed by atoms with Gasteiger partial charge < -0.3 is 59.8 Å². The average Bonchev–Trinajstić information content (AvgIpc) is 2.64. The second-order valence-electron chi connectivity index (χ2n) is 6.10. The third kappa shape index (κ3) is 4.49. The summed E-state index contributed by atoms with van der Waals surface area (Å²) in [6, 6.07) is 0. The van der Waals surface area contributed by atoms with Gasteiger partial charge in [-0.25, -0.2) is 0 Å². The van der Waals surface area contributed by atoms with Crippen molar-refractivity contribution in [3.63, 3.8) is 0 Å². The predicted octanol–water partition coefficient (Wildman–Crippen LogP) is -5.38. The summed E-state index contributed by atoms with van der Waals surface area (Å²) in [6.45, 7) is -1.84. The third-order valence-electron chi connectivity index (χ3n) is 4.33. The highest BCUT2D eigenvalue weighted by atomic mass is 16.7. The first-order valence-electron chi connectivity index (χ1n) is 8.16. The van der Waals surface area contributed by atoms with E-state index < -0.39 is 74.6 Å². The van der Waals surface area contributed by atoms with Crippen LogP contribution < -0.4 is 0 Å². The molecule has 0 bridgehead atoms. The number of hydrogen-bond donors (Lipinski definition) is 8. The lowest BCUT2D eigenvalue weighted by atomic mass is 9.97. The molecular weight excluding hydrogens is 360 g/mol. The van der Waals surface area contributed by atoms with Crippen LogP contribution >= 0.6 is 0 Å². The van der Waals surface area contributed by atoms with Gasteiger partial charge in [-0.15, -0.1) is 0 Å². The molecule has 5 unspecified atom stereocenters. The van der Waals surface area contributed by atoms with Crippen LogP contribution in [0, 0.1) is 0 Å². The van der Waals surface area contributed by atoms with Gasteiger partial charge in [-0.05, 0) is 0 Å². The van der Waals surface area contributed by atoms with Crippen molar-refractivity contribution < 1.29 is 59.8 Å². The molecule has 26 heavy (non-hydrogen) atoms. The lowest BCUT2D eigenvalue weighted by Crippen LogP contribution is -2.64. The summed E-state index contributed by atoms with van der Waals surface area (Å²) in [6.07, 6.45) is -14.9. The first-order valence-corrected chi connectivity index (χ1v) is 8.16. The zero-order valence-electron chi connectivity index (χ0n) is 13.8. The predicted molar refractivity (Wildman–Crippen MR) is 79.4 cm³/mol. The molecule has 0 aromatic rings. The average molecular weight is 386 g/mol. The molecule has 10 atom stereocenters. The fourth-order valence-corrected chi connectivity index (χ4v) is 2.86. The Kier molecular flexibility index (Phi) is 8.08. The fourth-order valence-electron chi connectivity index (χ4n) is 2.86. The molecule has 8 N–H and O–H groups in total. The van der Waals surface area contributed by atoms with Gasteiger partial charge in [-0.1, -0.05) is 0 Å². The second kappa shape index (κ2) is 9.64. The van der Waals surface area contributed by atoms with Gasteiger partial charge in [0.25, 0.3) is 0 Å². The molecule has 0 aromatic carbocycles. The van der Waals surface area contributed by atoms with Crippen LogP contribution in [-0.4, -0.2) is 129 Å². The Hall–Kier alpha value is -0.480. The van der Waals surface area contributed by atoms with Crippen LogP contribution in [0.15, 0.2) is 0 Å². The molecule has 0 amide bonds. The lowest BCUT2D eigenvalue weighted by Gasteiger charge is -2.45. The lowest BCUT2D eigenvalue weighted by molar-refractivity contribution is -0.359. The van der Waals surface area contributed by atoms with E-state index in [9.17, 15) is 35.7 Å². The van der Waals surface area contributed by atoms with Gasteiger partial charge in [0.1, 0.15) is 48.8 Å². The van der Waals surface area contributed by atoms with E-state index in [4.69, 9.17) is 24.1 Å². The molecule has 0 aliphatic carbocycles. The van der Waals surface area contributed by atoms with Gasteiger partial charge in [0, 0.05) is 0 Å². The van der Waals surface area contributed by atoms with E-state index in [2.05, 4.69) is 0 Å². The van der Waals surface area contributed by atoms with Gasteiger partial charge in [-0.3, -0.25) is 0 Å². The minimum absolute atomic E-state index is 0.176. The number of aliphatic hydroxyl groups excluding tert-OH is 8. The molecule has 2 rings (SSSR count). The van der Waals surface area contributed by atoms with Gasteiger partial charge >= 0.3 is 0 Å². The summed E-state index contributed by atoms with van der Waals surface area (Å²) in [7, 11) is 0. The highest BCUT2D eigenvalue weighted by Gasteiger charge is 2.50. The summed E-state index contributed by atoms with van der Waals surface area (Å²) in [5.74, 6) is 0. The standard InChI is InChI=1S/C14H26O12/c15-1-2-23-13-11(22)9(20)12(6(4-17)25-13)26-14-10(21)8(19)7(18)5(3-16)24-14/h5-22H,1-4H2/t5?,6?,7-,8-,9+,10?,11?,12+,13?,14-/m0/s1. The maximum atomic E-state index is 10.3. The van der Waals surface area contributed by atoms with Crippen LogP contribution in [0.4, 0.5) is 0 Å². The minimum atomic E-state index is -1.72. The van der Waals surface area contributed by atoms with E-state index in [1.807, 2.05) is 0 Å². The second-order valence-corrected chi connectivity index (χ2v) is 6.10. The van der Waals surface area contributed by atoms with Crippen LogP contribution in [0.2, 0.25) is 0 Å². The summed E-state index contributed by atoms with van der Waals surface area (Å²) >= 11 is 0. The smallest absolute Gasteiger partial charge is 0.187 e. The molecule has 0 radical (unpaired) electrons. The van der Waals surface area contributed by atoms with Crippen molar-refractivity contribution in [1.29, 1.82) is 0 Å². The van der Waals surface area contributed by atoms with E-state index in [-0.39, 0.29) is 13.2 Å². The maximum Gasteiger partial charge on any atom is 0.187 e. The van der Waals surface area contributed by atoms with E-state index in [1.165, 1.54) is 0 Å². The molecule has 2 aliphatic heterocycles. The molecule has 12 heteroatoms. The Balaban J connectivity index is 2.09. The molecule has 0 saturated carbocycles. The number of hydrogen-bond acceptors (Lipinski definition) is 12. The summed E-state index contributed by atoms with van der Waals surface area (Å²) in [4.78, 5) is 0. The quantitative estimate of drug-likeness (QED) is 0.207. The van der Waals surface area contributed by atoms with Crippen molar-refractivity contribution in [1.82, 2.24) is 0 Å². The van der Waals surface area contributed by atoms with Crippen molar-refractivity contribution in [3.8, 4) is 0 Å². The monoisotopic (exact) mass is 386 g/mol. The molecule has 0 aromatic heterocycles. The molecule has 2 fully saturated rings. The fraction of sp³-hybridized carbons (Fsp3) is 1.00. The van der Waals surface area contributed by atoms with E-state index in [1.54, 1.807) is 0 Å². The Bertz CT molecular complexity index is 421. The molecule has 2 aliphatic rings. The van der Waals surface area contributed by atoms with Gasteiger partial charge in [-0.2, -0.15) is 0 Å². The van der Waals surface area contributed by atoms with E-state index in [0.29, 0.717) is 0 Å². The largest absolute Gasteiger partial charge is 0.394 e. The van der Waals surface area contributed by atoms with Crippen LogP contribution in [0.5, 0.6) is 0 Å². The molecular formula is C14H26O12. The highest BCUT2D eigenvalue weighted by Crippen LogP contribution is 2.29. The minimum Gasteiger partial charge on any atom is -0.394 e. The van der Waals surface area contributed by atoms with Gasteiger partial charge in [0.15, 0.2) is 12.6 Å². The van der Waals surface area contributed by atoms with Crippen molar-refractivity contribution in [3.05, 3.63) is 0 Å². The van der Waals surface area contributed by atoms with Crippen LogP contribution in [0.3, 0.4) is 0 Å². The summed E-state index contributed by atoms with van der Waals surface area (Å²) in [5.41, 5.74) is 0.